The molecule has 2 aromatic rings. The number of aromatic nitrogens is 3. The lowest BCUT2D eigenvalue weighted by molar-refractivity contribution is -0.0795. The number of piperidine rings is 1. The van der Waals surface area contributed by atoms with Crippen molar-refractivity contribution in [2.75, 3.05) is 18.0 Å². The van der Waals surface area contributed by atoms with Crippen LogP contribution in [0.2, 0.25) is 0 Å². The van der Waals surface area contributed by atoms with Gasteiger partial charge in [-0.2, -0.15) is 8.78 Å². The molecule has 1 aliphatic carbocycles. The van der Waals surface area contributed by atoms with Crippen molar-refractivity contribution in [1.82, 2.24) is 14.5 Å². The van der Waals surface area contributed by atoms with Gasteiger partial charge in [-0.1, -0.05) is 0 Å². The van der Waals surface area contributed by atoms with Crippen molar-refractivity contribution < 1.29 is 17.6 Å². The minimum Gasteiger partial charge on any atom is -0.349 e. The summed E-state index contributed by atoms with van der Waals surface area (Å²) in [5.74, 6) is -2.42. The Hall–Kier alpha value is -1.86. The highest BCUT2D eigenvalue weighted by molar-refractivity contribution is 5.73. The number of hydrogen-bond acceptors (Lipinski definition) is 3. The SMILES string of the molecule is FC(F)n1ccc2nc(N3CCC4(CC4)C(F)(F)C3)cnc21. The average molecular weight is 314 g/mol. The highest BCUT2D eigenvalue weighted by Crippen LogP contribution is 2.61. The lowest BCUT2D eigenvalue weighted by Gasteiger charge is -2.39. The minimum absolute atomic E-state index is 0.0567. The van der Waals surface area contributed by atoms with Gasteiger partial charge >= 0.3 is 6.55 Å². The molecular formula is C14H14F4N4. The van der Waals surface area contributed by atoms with Crippen LogP contribution in [0.1, 0.15) is 25.8 Å². The summed E-state index contributed by atoms with van der Waals surface area (Å²) in [6.07, 6.45) is 4.08. The predicted molar refractivity (Wildman–Crippen MR) is 72.2 cm³/mol. The number of rotatable bonds is 2. The second-order valence-electron chi connectivity index (χ2n) is 6.09. The molecule has 8 heteroatoms. The highest BCUT2D eigenvalue weighted by Gasteiger charge is 2.63. The molecule has 0 amide bonds. The summed E-state index contributed by atoms with van der Waals surface area (Å²) in [7, 11) is 0. The number of alkyl halides is 4. The third kappa shape index (κ3) is 1.89. The summed E-state index contributed by atoms with van der Waals surface area (Å²) in [6, 6.07) is 1.42. The molecule has 2 aromatic heterocycles. The molecule has 0 aromatic carbocycles. The zero-order chi connectivity index (χ0) is 15.5. The summed E-state index contributed by atoms with van der Waals surface area (Å²) in [4.78, 5) is 9.68. The van der Waals surface area contributed by atoms with Crippen LogP contribution in [0.5, 0.6) is 0 Å². The fraction of sp³-hybridized carbons (Fsp3) is 0.571. The summed E-state index contributed by atoms with van der Waals surface area (Å²) < 4.78 is 54.7. The van der Waals surface area contributed by atoms with E-state index in [2.05, 4.69) is 9.97 Å². The van der Waals surface area contributed by atoms with Crippen molar-refractivity contribution in [1.29, 1.82) is 0 Å². The maximum Gasteiger partial charge on any atom is 0.320 e. The van der Waals surface area contributed by atoms with E-state index in [-0.39, 0.29) is 17.7 Å². The third-order valence-corrected chi connectivity index (χ3v) is 4.82. The molecule has 4 rings (SSSR count). The average Bonchev–Trinajstić information content (AvgIpc) is 3.13. The number of nitrogens with zero attached hydrogens (tertiary/aromatic N) is 4. The molecule has 22 heavy (non-hydrogen) atoms. The van der Waals surface area contributed by atoms with E-state index < -0.39 is 17.9 Å². The molecule has 0 radical (unpaired) electrons. The van der Waals surface area contributed by atoms with Crippen molar-refractivity contribution >= 4 is 17.0 Å². The van der Waals surface area contributed by atoms with Gasteiger partial charge in [-0.05, 0) is 25.3 Å². The first-order chi connectivity index (χ1) is 10.4. The van der Waals surface area contributed by atoms with Crippen molar-refractivity contribution in [3.05, 3.63) is 18.5 Å². The first-order valence-corrected chi connectivity index (χ1v) is 7.16. The van der Waals surface area contributed by atoms with Crippen LogP contribution in [-0.2, 0) is 0 Å². The van der Waals surface area contributed by atoms with Crippen LogP contribution >= 0.6 is 0 Å². The molecule has 0 N–H and O–H groups in total. The Labute approximate surface area is 123 Å². The molecule has 2 aliphatic rings. The first kappa shape index (κ1) is 13.8. The standard InChI is InChI=1S/C14H14F4N4/c15-12(16)22-5-1-9-11(22)19-7-10(20-9)21-6-4-13(2-3-13)14(17,18)8-21/h1,5,7,12H,2-4,6,8H2. The fourth-order valence-electron chi connectivity index (χ4n) is 3.21. The van der Waals surface area contributed by atoms with Gasteiger partial charge in [0.25, 0.3) is 5.92 Å². The van der Waals surface area contributed by atoms with E-state index in [9.17, 15) is 17.6 Å². The number of halogens is 4. The molecule has 3 heterocycles. The molecule has 1 saturated carbocycles. The number of anilines is 1. The smallest absolute Gasteiger partial charge is 0.320 e. The lowest BCUT2D eigenvalue weighted by Crippen LogP contribution is -2.50. The van der Waals surface area contributed by atoms with Gasteiger partial charge in [-0.25, -0.2) is 18.7 Å². The van der Waals surface area contributed by atoms with Crippen LogP contribution in [0.15, 0.2) is 18.5 Å². The quantitative estimate of drug-likeness (QED) is 0.796. The van der Waals surface area contributed by atoms with Crippen LogP contribution < -0.4 is 4.90 Å². The largest absolute Gasteiger partial charge is 0.349 e. The highest BCUT2D eigenvalue weighted by atomic mass is 19.3. The van der Waals surface area contributed by atoms with Gasteiger partial charge in [0, 0.05) is 18.2 Å². The van der Waals surface area contributed by atoms with Crippen molar-refractivity contribution in [3.8, 4) is 0 Å². The van der Waals surface area contributed by atoms with Gasteiger partial charge in [0.1, 0.15) is 11.3 Å². The minimum atomic E-state index is -2.74. The van der Waals surface area contributed by atoms with Crippen LogP contribution in [0.4, 0.5) is 23.4 Å². The molecule has 1 aliphatic heterocycles. The Kier molecular flexibility index (Phi) is 2.71. The molecule has 4 nitrogen and oxygen atoms in total. The summed E-state index contributed by atoms with van der Waals surface area (Å²) >= 11 is 0. The Morgan fingerprint density at radius 1 is 1.18 bits per heavy atom. The molecule has 0 unspecified atom stereocenters. The van der Waals surface area contributed by atoms with Crippen LogP contribution in [-0.4, -0.2) is 33.5 Å². The van der Waals surface area contributed by atoms with Gasteiger partial charge in [0.15, 0.2) is 5.65 Å². The van der Waals surface area contributed by atoms with Crippen LogP contribution in [0.3, 0.4) is 0 Å². The van der Waals surface area contributed by atoms with Crippen molar-refractivity contribution in [2.24, 2.45) is 5.41 Å². The van der Waals surface area contributed by atoms with Crippen LogP contribution in [0.25, 0.3) is 11.2 Å². The van der Waals surface area contributed by atoms with Gasteiger partial charge < -0.3 is 4.90 Å². The van der Waals surface area contributed by atoms with E-state index in [1.165, 1.54) is 23.4 Å². The number of hydrogen-bond donors (Lipinski definition) is 0. The third-order valence-electron chi connectivity index (χ3n) is 4.82. The Morgan fingerprint density at radius 2 is 1.95 bits per heavy atom. The monoisotopic (exact) mass is 314 g/mol. The Bertz CT molecular complexity index is 723. The molecule has 1 spiro atoms. The second-order valence-corrected chi connectivity index (χ2v) is 6.09. The summed E-state index contributed by atoms with van der Waals surface area (Å²) in [5.41, 5.74) is -0.478. The molecule has 118 valence electrons. The molecule has 2 fully saturated rings. The summed E-state index contributed by atoms with van der Waals surface area (Å²) in [5, 5.41) is 0. The zero-order valence-corrected chi connectivity index (χ0v) is 11.6. The normalized spacial score (nSPS) is 22.7. The first-order valence-electron chi connectivity index (χ1n) is 7.16. The van der Waals surface area contributed by atoms with E-state index in [1.54, 1.807) is 0 Å². The molecule has 1 saturated heterocycles. The van der Waals surface area contributed by atoms with Crippen molar-refractivity contribution in [3.63, 3.8) is 0 Å². The van der Waals surface area contributed by atoms with E-state index >= 15 is 0 Å². The van der Waals surface area contributed by atoms with Gasteiger partial charge in [0.05, 0.1) is 12.7 Å². The fourth-order valence-corrected chi connectivity index (χ4v) is 3.21. The Morgan fingerprint density at radius 3 is 2.59 bits per heavy atom. The predicted octanol–water partition coefficient (Wildman–Crippen LogP) is 3.45. The van der Waals surface area contributed by atoms with Crippen LogP contribution in [0, 0.1) is 5.41 Å². The Balaban J connectivity index is 1.64. The van der Waals surface area contributed by atoms with Gasteiger partial charge in [0.2, 0.25) is 0 Å². The molecular weight excluding hydrogens is 300 g/mol. The van der Waals surface area contributed by atoms with Gasteiger partial charge in [-0.3, -0.25) is 4.57 Å². The number of fused-ring (bicyclic) bond motifs is 1. The second kappa shape index (κ2) is 4.33. The topological polar surface area (TPSA) is 34.0 Å². The van der Waals surface area contributed by atoms with E-state index in [0.717, 1.165) is 0 Å². The van der Waals surface area contributed by atoms with E-state index in [0.29, 0.717) is 36.2 Å². The van der Waals surface area contributed by atoms with Crippen molar-refractivity contribution in [2.45, 2.75) is 31.7 Å². The molecule has 0 bridgehead atoms. The maximum atomic E-state index is 14.2. The lowest BCUT2D eigenvalue weighted by atomic mass is 9.89. The van der Waals surface area contributed by atoms with E-state index in [1.807, 2.05) is 0 Å². The molecule has 0 atom stereocenters. The zero-order valence-electron chi connectivity index (χ0n) is 11.6. The van der Waals surface area contributed by atoms with Gasteiger partial charge in [-0.15, -0.1) is 0 Å². The summed E-state index contributed by atoms with van der Waals surface area (Å²) in [6.45, 7) is -2.60. The van der Waals surface area contributed by atoms with E-state index in [4.69, 9.17) is 0 Å². The maximum absolute atomic E-state index is 14.2.